The van der Waals surface area contributed by atoms with E-state index in [0.717, 1.165) is 11.1 Å². The lowest BCUT2D eigenvalue weighted by atomic mass is 10.0. The summed E-state index contributed by atoms with van der Waals surface area (Å²) in [4.78, 5) is 12.4. The average molecular weight is 279 g/mol. The van der Waals surface area contributed by atoms with E-state index in [1.54, 1.807) is 12.1 Å². The highest BCUT2D eigenvalue weighted by atomic mass is 16.2. The van der Waals surface area contributed by atoms with E-state index in [9.17, 15) is 4.79 Å². The summed E-state index contributed by atoms with van der Waals surface area (Å²) in [6, 6.07) is 13.0. The van der Waals surface area contributed by atoms with Gasteiger partial charge in [-0.3, -0.25) is 4.79 Å². The maximum absolute atomic E-state index is 12.4. The molecule has 0 bridgehead atoms. The third-order valence-corrected chi connectivity index (χ3v) is 3.10. The number of rotatable bonds is 2. The summed E-state index contributed by atoms with van der Waals surface area (Å²) in [5, 5.41) is 11.7. The number of nitrogens with one attached hydrogen (secondary N) is 1. The van der Waals surface area contributed by atoms with E-state index in [1.165, 1.54) is 0 Å². The van der Waals surface area contributed by atoms with Crippen LogP contribution in [0.25, 0.3) is 0 Å². The fourth-order valence-electron chi connectivity index (χ4n) is 2.09. The van der Waals surface area contributed by atoms with Gasteiger partial charge in [-0.25, -0.2) is 0 Å². The molecule has 0 aliphatic carbocycles. The van der Waals surface area contributed by atoms with Crippen molar-refractivity contribution in [2.75, 3.05) is 11.9 Å². The lowest BCUT2D eigenvalue weighted by Gasteiger charge is -2.10. The molecule has 2 rings (SSSR count). The number of carbonyl (C=O) groups is 1. The Morgan fingerprint density at radius 3 is 2.67 bits per heavy atom. The lowest BCUT2D eigenvalue weighted by molar-refractivity contribution is 0.102. The molecule has 3 heteroatoms. The molecule has 106 valence electrons. The van der Waals surface area contributed by atoms with Gasteiger partial charge >= 0.3 is 0 Å². The predicted octanol–water partition coefficient (Wildman–Crippen LogP) is 2.90. The van der Waals surface area contributed by atoms with Crippen molar-refractivity contribution in [2.24, 2.45) is 0 Å². The summed E-state index contributed by atoms with van der Waals surface area (Å²) in [5.74, 6) is 5.26. The van der Waals surface area contributed by atoms with Crippen molar-refractivity contribution >= 4 is 11.6 Å². The van der Waals surface area contributed by atoms with Gasteiger partial charge in [0.1, 0.15) is 6.61 Å². The van der Waals surface area contributed by atoms with E-state index in [0.29, 0.717) is 16.8 Å². The number of anilines is 1. The van der Waals surface area contributed by atoms with Gasteiger partial charge in [0.05, 0.1) is 5.69 Å². The minimum absolute atomic E-state index is 0.161. The van der Waals surface area contributed by atoms with Crippen LogP contribution < -0.4 is 5.32 Å². The normalized spacial score (nSPS) is 9.67. The molecule has 0 aromatic heterocycles. The van der Waals surface area contributed by atoms with Crippen LogP contribution in [0.5, 0.6) is 0 Å². The molecule has 0 unspecified atom stereocenters. The van der Waals surface area contributed by atoms with E-state index in [1.807, 2.05) is 44.2 Å². The Labute approximate surface area is 124 Å². The third-order valence-electron chi connectivity index (χ3n) is 3.10. The first kappa shape index (κ1) is 14.8. The second kappa shape index (κ2) is 6.74. The zero-order valence-corrected chi connectivity index (χ0v) is 12.1. The van der Waals surface area contributed by atoms with Crippen LogP contribution in [0, 0.1) is 25.7 Å². The molecule has 0 radical (unpaired) electrons. The van der Waals surface area contributed by atoms with Crippen molar-refractivity contribution in [3.05, 3.63) is 64.7 Å². The van der Waals surface area contributed by atoms with Gasteiger partial charge in [-0.1, -0.05) is 41.7 Å². The van der Waals surface area contributed by atoms with E-state index in [4.69, 9.17) is 5.11 Å². The fourth-order valence-corrected chi connectivity index (χ4v) is 2.09. The van der Waals surface area contributed by atoms with Gasteiger partial charge in [0, 0.05) is 11.1 Å². The number of para-hydroxylation sites is 1. The van der Waals surface area contributed by atoms with Gasteiger partial charge in [-0.05, 0) is 37.6 Å². The summed E-state index contributed by atoms with van der Waals surface area (Å²) in [6.07, 6.45) is 0. The topological polar surface area (TPSA) is 49.3 Å². The Bertz CT molecular complexity index is 723. The Morgan fingerprint density at radius 1 is 1.19 bits per heavy atom. The number of aliphatic hydroxyl groups is 1. The van der Waals surface area contributed by atoms with Crippen LogP contribution in [0.3, 0.4) is 0 Å². The van der Waals surface area contributed by atoms with Gasteiger partial charge in [-0.15, -0.1) is 0 Å². The molecule has 2 N–H and O–H groups in total. The van der Waals surface area contributed by atoms with Crippen molar-refractivity contribution < 1.29 is 9.90 Å². The zero-order valence-electron chi connectivity index (χ0n) is 12.1. The summed E-state index contributed by atoms with van der Waals surface area (Å²) < 4.78 is 0. The summed E-state index contributed by atoms with van der Waals surface area (Å²) in [6.45, 7) is 3.70. The number of aryl methyl sites for hydroxylation is 2. The highest BCUT2D eigenvalue weighted by Gasteiger charge is 2.10. The number of hydrogen-bond donors (Lipinski definition) is 2. The van der Waals surface area contributed by atoms with Crippen LogP contribution in [0.2, 0.25) is 0 Å². The molecule has 0 saturated carbocycles. The highest BCUT2D eigenvalue weighted by molar-refractivity contribution is 6.05. The van der Waals surface area contributed by atoms with Crippen LogP contribution in [0.1, 0.15) is 27.0 Å². The molecule has 0 heterocycles. The Balaban J connectivity index is 2.27. The Kier molecular flexibility index (Phi) is 4.76. The van der Waals surface area contributed by atoms with Gasteiger partial charge in [-0.2, -0.15) is 0 Å². The van der Waals surface area contributed by atoms with Crippen molar-refractivity contribution in [3.8, 4) is 11.8 Å². The van der Waals surface area contributed by atoms with Gasteiger partial charge in [0.2, 0.25) is 0 Å². The second-order valence-corrected chi connectivity index (χ2v) is 4.78. The predicted molar refractivity (Wildman–Crippen MR) is 84.3 cm³/mol. The molecule has 0 saturated heterocycles. The van der Waals surface area contributed by atoms with Crippen molar-refractivity contribution in [1.82, 2.24) is 0 Å². The molecule has 21 heavy (non-hydrogen) atoms. The van der Waals surface area contributed by atoms with E-state index >= 15 is 0 Å². The smallest absolute Gasteiger partial charge is 0.255 e. The quantitative estimate of drug-likeness (QED) is 0.830. The monoisotopic (exact) mass is 279 g/mol. The Morgan fingerprint density at radius 2 is 1.95 bits per heavy atom. The van der Waals surface area contributed by atoms with Crippen molar-refractivity contribution in [3.63, 3.8) is 0 Å². The number of benzene rings is 2. The largest absolute Gasteiger partial charge is 0.384 e. The standard InChI is InChI=1S/C18H17NO2/c1-13-9-10-16(14(2)12-13)18(21)19-17-8-4-3-6-15(17)7-5-11-20/h3-4,6,8-10,12,20H,11H2,1-2H3,(H,19,21). The average Bonchev–Trinajstić information content (AvgIpc) is 2.46. The van der Waals surface area contributed by atoms with E-state index < -0.39 is 0 Å². The van der Waals surface area contributed by atoms with E-state index in [2.05, 4.69) is 17.2 Å². The number of hydrogen-bond acceptors (Lipinski definition) is 2. The minimum atomic E-state index is -0.209. The molecular formula is C18H17NO2. The molecule has 3 nitrogen and oxygen atoms in total. The minimum Gasteiger partial charge on any atom is -0.384 e. The molecule has 0 spiro atoms. The number of aliphatic hydroxyl groups excluding tert-OH is 1. The molecule has 2 aromatic carbocycles. The zero-order chi connectivity index (χ0) is 15.2. The molecule has 0 aliphatic heterocycles. The number of carbonyl (C=O) groups excluding carboxylic acids is 1. The van der Waals surface area contributed by atoms with Gasteiger partial charge < -0.3 is 10.4 Å². The molecule has 0 fully saturated rings. The molecule has 2 aromatic rings. The van der Waals surface area contributed by atoms with Crippen LogP contribution in [-0.4, -0.2) is 17.6 Å². The first-order valence-corrected chi connectivity index (χ1v) is 6.69. The van der Waals surface area contributed by atoms with Crippen LogP contribution in [-0.2, 0) is 0 Å². The van der Waals surface area contributed by atoms with Gasteiger partial charge in [0.25, 0.3) is 5.91 Å². The summed E-state index contributed by atoms with van der Waals surface area (Å²) in [7, 11) is 0. The molecule has 0 atom stereocenters. The maximum Gasteiger partial charge on any atom is 0.255 e. The Hall–Kier alpha value is -2.57. The SMILES string of the molecule is Cc1ccc(C(=O)Nc2ccccc2C#CCO)c(C)c1. The van der Waals surface area contributed by atoms with Crippen molar-refractivity contribution in [2.45, 2.75) is 13.8 Å². The summed E-state index contributed by atoms with van der Waals surface area (Å²) >= 11 is 0. The van der Waals surface area contributed by atoms with Crippen LogP contribution in [0.15, 0.2) is 42.5 Å². The maximum atomic E-state index is 12.4. The van der Waals surface area contributed by atoms with Crippen LogP contribution >= 0.6 is 0 Å². The summed E-state index contributed by atoms with van der Waals surface area (Å²) in [5.41, 5.74) is 4.03. The van der Waals surface area contributed by atoms with Crippen molar-refractivity contribution in [1.29, 1.82) is 0 Å². The van der Waals surface area contributed by atoms with Crippen LogP contribution in [0.4, 0.5) is 5.69 Å². The van der Waals surface area contributed by atoms with E-state index in [-0.39, 0.29) is 12.5 Å². The fraction of sp³-hybridized carbons (Fsp3) is 0.167. The first-order chi connectivity index (χ1) is 10.1. The highest BCUT2D eigenvalue weighted by Crippen LogP contribution is 2.17. The number of amides is 1. The third kappa shape index (κ3) is 3.71. The molecule has 1 amide bonds. The van der Waals surface area contributed by atoms with Gasteiger partial charge in [0.15, 0.2) is 0 Å². The molecular weight excluding hydrogens is 262 g/mol. The second-order valence-electron chi connectivity index (χ2n) is 4.78. The first-order valence-electron chi connectivity index (χ1n) is 6.69. The molecule has 0 aliphatic rings. The lowest BCUT2D eigenvalue weighted by Crippen LogP contribution is -2.14.